The van der Waals surface area contributed by atoms with Crippen molar-refractivity contribution >= 4 is 17.6 Å². The Kier molecular flexibility index (Phi) is 2.24. The van der Waals surface area contributed by atoms with E-state index in [0.717, 1.165) is 23.4 Å². The lowest BCUT2D eigenvalue weighted by Gasteiger charge is -2.18. The lowest BCUT2D eigenvalue weighted by Crippen LogP contribution is -2.33. The fourth-order valence-electron chi connectivity index (χ4n) is 2.16. The fraction of sp³-hybridized carbons (Fsp3) is 0.333. The van der Waals surface area contributed by atoms with Gasteiger partial charge in [-0.15, -0.1) is 0 Å². The first-order chi connectivity index (χ1) is 8.26. The van der Waals surface area contributed by atoms with E-state index in [2.05, 4.69) is 15.6 Å². The molecule has 0 radical (unpaired) electrons. The third-order valence-electron chi connectivity index (χ3n) is 2.90. The van der Waals surface area contributed by atoms with E-state index in [9.17, 15) is 4.79 Å². The Bertz CT molecular complexity index is 510. The van der Waals surface area contributed by atoms with Crippen LogP contribution in [0, 0.1) is 0 Å². The minimum Gasteiger partial charge on any atom is -0.494 e. The predicted molar refractivity (Wildman–Crippen MR) is 63.9 cm³/mol. The van der Waals surface area contributed by atoms with Gasteiger partial charge in [-0.1, -0.05) is 0 Å². The van der Waals surface area contributed by atoms with E-state index in [4.69, 9.17) is 4.74 Å². The standard InChI is InChI=1S/C12H13N3O2/c1-2-17-8-3-4-9-7(5-8)6-10-11(13-9)15-12(16)14-10/h3-5,10H,2,6H2,1H3,(H2,13,14,15,16). The number of amidine groups is 1. The average Bonchev–Trinajstić information content (AvgIpc) is 2.65. The van der Waals surface area contributed by atoms with Crippen LogP contribution in [-0.4, -0.2) is 24.5 Å². The highest BCUT2D eigenvalue weighted by molar-refractivity contribution is 6.09. The summed E-state index contributed by atoms with van der Waals surface area (Å²) >= 11 is 0. The molecule has 1 saturated heterocycles. The number of benzene rings is 1. The summed E-state index contributed by atoms with van der Waals surface area (Å²) in [7, 11) is 0. The number of hydrogen-bond acceptors (Lipinski definition) is 3. The van der Waals surface area contributed by atoms with Gasteiger partial charge in [-0.3, -0.25) is 5.32 Å². The number of carbonyl (C=O) groups excluding carboxylic acids is 1. The number of hydrogen-bond donors (Lipinski definition) is 2. The Balaban J connectivity index is 1.94. The van der Waals surface area contributed by atoms with Crippen molar-refractivity contribution in [3.8, 4) is 5.75 Å². The second-order valence-electron chi connectivity index (χ2n) is 4.08. The van der Waals surface area contributed by atoms with Gasteiger partial charge in [-0.2, -0.15) is 0 Å². The molecule has 1 aromatic rings. The van der Waals surface area contributed by atoms with Gasteiger partial charge >= 0.3 is 6.03 Å². The second-order valence-corrected chi connectivity index (χ2v) is 4.08. The van der Waals surface area contributed by atoms with Crippen molar-refractivity contribution in [2.45, 2.75) is 19.4 Å². The van der Waals surface area contributed by atoms with Crippen molar-refractivity contribution < 1.29 is 9.53 Å². The molecular weight excluding hydrogens is 218 g/mol. The lowest BCUT2D eigenvalue weighted by atomic mass is 10.0. The summed E-state index contributed by atoms with van der Waals surface area (Å²) in [6.07, 6.45) is 0.758. The smallest absolute Gasteiger partial charge is 0.320 e. The molecule has 0 saturated carbocycles. The highest BCUT2D eigenvalue weighted by Gasteiger charge is 2.31. The number of fused-ring (bicyclic) bond motifs is 2. The monoisotopic (exact) mass is 231 g/mol. The van der Waals surface area contributed by atoms with Crippen LogP contribution in [0.4, 0.5) is 10.5 Å². The summed E-state index contributed by atoms with van der Waals surface area (Å²) in [5.74, 6) is 1.56. The molecule has 0 aromatic heterocycles. The van der Waals surface area contributed by atoms with Crippen LogP contribution < -0.4 is 15.4 Å². The molecule has 2 amide bonds. The van der Waals surface area contributed by atoms with Crippen molar-refractivity contribution in [2.24, 2.45) is 4.99 Å². The molecule has 2 aliphatic heterocycles. The Labute approximate surface area is 98.9 Å². The van der Waals surface area contributed by atoms with Gasteiger partial charge in [0.2, 0.25) is 0 Å². The lowest BCUT2D eigenvalue weighted by molar-refractivity contribution is 0.248. The molecule has 2 N–H and O–H groups in total. The molecule has 0 bridgehead atoms. The van der Waals surface area contributed by atoms with Crippen LogP contribution in [0.15, 0.2) is 23.2 Å². The first-order valence-electron chi connectivity index (χ1n) is 5.68. The van der Waals surface area contributed by atoms with Crippen LogP contribution in [0.1, 0.15) is 12.5 Å². The second kappa shape index (κ2) is 3.76. The Morgan fingerprint density at radius 1 is 1.53 bits per heavy atom. The predicted octanol–water partition coefficient (Wildman–Crippen LogP) is 1.35. The molecular formula is C12H13N3O2. The average molecular weight is 231 g/mol. The molecule has 1 fully saturated rings. The van der Waals surface area contributed by atoms with Crippen molar-refractivity contribution in [1.82, 2.24) is 10.6 Å². The molecule has 2 aliphatic rings. The summed E-state index contributed by atoms with van der Waals surface area (Å²) in [6, 6.07) is 5.62. The zero-order chi connectivity index (χ0) is 11.8. The number of nitrogens with one attached hydrogen (secondary N) is 2. The number of urea groups is 1. The molecule has 1 atom stereocenters. The third kappa shape index (κ3) is 1.73. The number of amides is 2. The van der Waals surface area contributed by atoms with E-state index in [1.165, 1.54) is 0 Å². The van der Waals surface area contributed by atoms with Crippen LogP contribution in [0.2, 0.25) is 0 Å². The van der Waals surface area contributed by atoms with Gasteiger partial charge in [-0.25, -0.2) is 9.79 Å². The van der Waals surface area contributed by atoms with Gasteiger partial charge in [0.05, 0.1) is 18.3 Å². The Hall–Kier alpha value is -2.04. The highest BCUT2D eigenvalue weighted by Crippen LogP contribution is 2.30. The molecule has 1 aromatic carbocycles. The molecule has 1 unspecified atom stereocenters. The SMILES string of the molecule is CCOc1ccc2c(c1)CC1NC(=O)NC1=N2. The Morgan fingerprint density at radius 3 is 3.24 bits per heavy atom. The third-order valence-corrected chi connectivity index (χ3v) is 2.90. The van der Waals surface area contributed by atoms with Crippen LogP contribution >= 0.6 is 0 Å². The number of carbonyl (C=O) groups is 1. The number of aliphatic imine (C=N–C) groups is 1. The van der Waals surface area contributed by atoms with E-state index in [0.29, 0.717) is 12.4 Å². The topological polar surface area (TPSA) is 62.7 Å². The van der Waals surface area contributed by atoms with Crippen molar-refractivity contribution in [3.63, 3.8) is 0 Å². The largest absolute Gasteiger partial charge is 0.494 e. The van der Waals surface area contributed by atoms with Crippen LogP contribution in [-0.2, 0) is 6.42 Å². The van der Waals surface area contributed by atoms with Gasteiger partial charge < -0.3 is 10.1 Å². The zero-order valence-electron chi connectivity index (χ0n) is 9.49. The van der Waals surface area contributed by atoms with E-state index in [1.807, 2.05) is 25.1 Å². The number of rotatable bonds is 2. The summed E-state index contributed by atoms with van der Waals surface area (Å²) < 4.78 is 5.45. The van der Waals surface area contributed by atoms with Crippen molar-refractivity contribution in [3.05, 3.63) is 23.8 Å². The van der Waals surface area contributed by atoms with E-state index >= 15 is 0 Å². The summed E-state index contributed by atoms with van der Waals surface area (Å²) in [5, 5.41) is 5.53. The minimum atomic E-state index is -0.174. The van der Waals surface area contributed by atoms with Crippen molar-refractivity contribution in [2.75, 3.05) is 6.61 Å². The molecule has 0 aliphatic carbocycles. The van der Waals surface area contributed by atoms with Gasteiger partial charge in [0.1, 0.15) is 11.6 Å². The van der Waals surface area contributed by atoms with Gasteiger partial charge in [0.15, 0.2) is 0 Å². The zero-order valence-corrected chi connectivity index (χ0v) is 9.49. The molecule has 2 heterocycles. The molecule has 17 heavy (non-hydrogen) atoms. The maximum absolute atomic E-state index is 11.2. The fourth-order valence-corrected chi connectivity index (χ4v) is 2.16. The van der Waals surface area contributed by atoms with E-state index < -0.39 is 0 Å². The molecule has 3 rings (SSSR count). The summed E-state index contributed by atoms with van der Waals surface area (Å²) in [6.45, 7) is 2.60. The minimum absolute atomic E-state index is 0.0214. The maximum Gasteiger partial charge on any atom is 0.320 e. The molecule has 5 nitrogen and oxygen atoms in total. The van der Waals surface area contributed by atoms with E-state index in [1.54, 1.807) is 0 Å². The van der Waals surface area contributed by atoms with Crippen LogP contribution in [0.25, 0.3) is 0 Å². The van der Waals surface area contributed by atoms with Gasteiger partial charge in [0.25, 0.3) is 0 Å². The molecule has 88 valence electrons. The summed E-state index contributed by atoms with van der Waals surface area (Å²) in [5.41, 5.74) is 2.01. The Morgan fingerprint density at radius 2 is 2.41 bits per heavy atom. The van der Waals surface area contributed by atoms with Crippen LogP contribution in [0.3, 0.4) is 0 Å². The highest BCUT2D eigenvalue weighted by atomic mass is 16.5. The maximum atomic E-state index is 11.2. The normalized spacial score (nSPS) is 20.9. The van der Waals surface area contributed by atoms with Gasteiger partial charge in [0, 0.05) is 6.42 Å². The first kappa shape index (κ1) is 10.1. The molecule has 0 spiro atoms. The summed E-state index contributed by atoms with van der Waals surface area (Å²) in [4.78, 5) is 15.6. The number of ether oxygens (including phenoxy) is 1. The number of nitrogens with zero attached hydrogens (tertiary/aromatic N) is 1. The first-order valence-corrected chi connectivity index (χ1v) is 5.68. The van der Waals surface area contributed by atoms with E-state index in [-0.39, 0.29) is 12.1 Å². The quantitative estimate of drug-likeness (QED) is 0.807. The van der Waals surface area contributed by atoms with Crippen molar-refractivity contribution in [1.29, 1.82) is 0 Å². The van der Waals surface area contributed by atoms with Crippen LogP contribution in [0.5, 0.6) is 5.75 Å². The van der Waals surface area contributed by atoms with Gasteiger partial charge in [-0.05, 0) is 30.7 Å². The molecule has 5 heteroatoms.